The molecule has 3 aliphatic heterocycles. The maximum atomic E-state index is 13.1. The van der Waals surface area contributed by atoms with Crippen molar-refractivity contribution in [3.63, 3.8) is 0 Å². The molecule has 1 unspecified atom stereocenters. The fraction of sp³-hybridized carbons (Fsp3) is 0.364. The molecule has 2 aromatic carbocycles. The maximum Gasteiger partial charge on any atom is 0.253 e. The Kier molecular flexibility index (Phi) is 4.68. The second kappa shape index (κ2) is 7.35. The highest BCUT2D eigenvalue weighted by Crippen LogP contribution is 2.34. The summed E-state index contributed by atoms with van der Waals surface area (Å²) in [5.74, 6) is 1.44. The van der Waals surface area contributed by atoms with E-state index in [-0.39, 0.29) is 11.9 Å². The number of nitrogens with one attached hydrogen (secondary N) is 1. The maximum absolute atomic E-state index is 13.1. The molecule has 150 valence electrons. The molecule has 2 bridgehead atoms. The Morgan fingerprint density at radius 3 is 2.83 bits per heavy atom. The van der Waals surface area contributed by atoms with Gasteiger partial charge in [0.05, 0.1) is 18.2 Å². The molecular weight excluding hydrogens is 390 g/mol. The summed E-state index contributed by atoms with van der Waals surface area (Å²) in [6.45, 7) is 3.21. The molecule has 1 atom stereocenters. The number of para-hydroxylation sites is 1. The van der Waals surface area contributed by atoms with Crippen LogP contribution in [-0.4, -0.2) is 48.6 Å². The van der Waals surface area contributed by atoms with Crippen LogP contribution in [-0.2, 0) is 0 Å². The minimum atomic E-state index is -0.0997. The number of ether oxygens (including phenoxy) is 1. The van der Waals surface area contributed by atoms with Gasteiger partial charge in [-0.15, -0.1) is 0 Å². The molecule has 3 aliphatic rings. The van der Waals surface area contributed by atoms with Gasteiger partial charge in [0.1, 0.15) is 11.3 Å². The smallest absolute Gasteiger partial charge is 0.253 e. The highest BCUT2D eigenvalue weighted by Gasteiger charge is 2.35. The first-order chi connectivity index (χ1) is 14.1. The predicted molar refractivity (Wildman–Crippen MR) is 111 cm³/mol. The molecule has 1 N–H and O–H groups in total. The van der Waals surface area contributed by atoms with Crippen LogP contribution in [0, 0.1) is 5.92 Å². The van der Waals surface area contributed by atoms with Crippen LogP contribution < -0.4 is 10.1 Å². The molecule has 6 nitrogen and oxygen atoms in total. The molecule has 6 rings (SSSR count). The monoisotopic (exact) mass is 411 g/mol. The second-order valence-corrected chi connectivity index (χ2v) is 8.17. The van der Waals surface area contributed by atoms with Gasteiger partial charge in [0.25, 0.3) is 5.91 Å². The number of halogens is 1. The van der Waals surface area contributed by atoms with E-state index in [0.717, 1.165) is 32.5 Å². The number of hydrogen-bond donors (Lipinski definition) is 1. The number of carbonyl (C=O) groups is 1. The van der Waals surface area contributed by atoms with Crippen molar-refractivity contribution in [2.24, 2.45) is 5.92 Å². The number of benzene rings is 2. The van der Waals surface area contributed by atoms with E-state index in [9.17, 15) is 4.79 Å². The molecular formula is C22H22ClN3O3. The Bertz CT molecular complexity index is 1070. The molecule has 0 saturated carbocycles. The van der Waals surface area contributed by atoms with Crippen LogP contribution in [0.25, 0.3) is 22.6 Å². The molecule has 1 aromatic heterocycles. The van der Waals surface area contributed by atoms with Gasteiger partial charge in [0.2, 0.25) is 5.89 Å². The van der Waals surface area contributed by atoms with E-state index in [0.29, 0.717) is 44.8 Å². The fourth-order valence-corrected chi connectivity index (χ4v) is 4.63. The van der Waals surface area contributed by atoms with Crippen LogP contribution in [0.1, 0.15) is 23.2 Å². The largest absolute Gasteiger partial charge is 0.496 e. The number of fused-ring (bicyclic) bond motifs is 4. The molecule has 3 saturated heterocycles. The first kappa shape index (κ1) is 18.5. The number of hydrogen-bond acceptors (Lipinski definition) is 5. The standard InChI is InChI=1S/C22H22ClN3O3/c1-28-19-11-14(23)5-6-15(19)22-25-20-16(3-2-4-18(20)29-22)21(27)24-17-12-26-9-7-13(17)8-10-26/h2-6,11,13,17H,7-10,12H2,1H3,(H,24,27). The Labute approximate surface area is 173 Å². The summed E-state index contributed by atoms with van der Waals surface area (Å²) in [7, 11) is 1.57. The predicted octanol–water partition coefficient (Wildman–Crippen LogP) is 3.98. The van der Waals surface area contributed by atoms with E-state index in [4.69, 9.17) is 20.8 Å². The van der Waals surface area contributed by atoms with Crippen molar-refractivity contribution in [1.82, 2.24) is 15.2 Å². The lowest BCUT2D eigenvalue weighted by molar-refractivity contribution is 0.0621. The van der Waals surface area contributed by atoms with E-state index in [1.54, 1.807) is 31.4 Å². The van der Waals surface area contributed by atoms with Crippen LogP contribution in [0.4, 0.5) is 0 Å². The van der Waals surface area contributed by atoms with E-state index >= 15 is 0 Å². The van der Waals surface area contributed by atoms with Gasteiger partial charge in [-0.25, -0.2) is 4.98 Å². The molecule has 29 heavy (non-hydrogen) atoms. The Hall–Kier alpha value is -2.57. The summed E-state index contributed by atoms with van der Waals surface area (Å²) in [5, 5.41) is 3.80. The zero-order chi connectivity index (χ0) is 20.0. The van der Waals surface area contributed by atoms with Gasteiger partial charge in [-0.2, -0.15) is 0 Å². The van der Waals surface area contributed by atoms with Crippen molar-refractivity contribution in [3.05, 3.63) is 47.0 Å². The number of piperidine rings is 3. The number of amides is 1. The van der Waals surface area contributed by atoms with Crippen LogP contribution in [0.2, 0.25) is 5.02 Å². The Morgan fingerprint density at radius 1 is 1.28 bits per heavy atom. The minimum Gasteiger partial charge on any atom is -0.496 e. The van der Waals surface area contributed by atoms with E-state index in [1.807, 2.05) is 12.1 Å². The second-order valence-electron chi connectivity index (χ2n) is 7.73. The first-order valence-electron chi connectivity index (χ1n) is 9.89. The van der Waals surface area contributed by atoms with Gasteiger partial charge in [-0.1, -0.05) is 17.7 Å². The topological polar surface area (TPSA) is 67.6 Å². The van der Waals surface area contributed by atoms with E-state index in [2.05, 4.69) is 15.2 Å². The van der Waals surface area contributed by atoms with Crippen molar-refractivity contribution in [2.75, 3.05) is 26.7 Å². The Morgan fingerprint density at radius 2 is 2.10 bits per heavy atom. The molecule has 1 amide bonds. The molecule has 3 fully saturated rings. The number of methoxy groups -OCH3 is 1. The Balaban J connectivity index is 1.47. The lowest BCUT2D eigenvalue weighted by Gasteiger charge is -2.44. The van der Waals surface area contributed by atoms with Crippen LogP contribution >= 0.6 is 11.6 Å². The average Bonchev–Trinajstić information content (AvgIpc) is 3.18. The van der Waals surface area contributed by atoms with Crippen LogP contribution in [0.5, 0.6) is 5.75 Å². The van der Waals surface area contributed by atoms with Gasteiger partial charge in [-0.05, 0) is 62.2 Å². The number of carbonyl (C=O) groups excluding carboxylic acids is 1. The van der Waals surface area contributed by atoms with Crippen molar-refractivity contribution in [2.45, 2.75) is 18.9 Å². The van der Waals surface area contributed by atoms with Crippen LogP contribution in [0.3, 0.4) is 0 Å². The normalized spacial score (nSPS) is 23.3. The first-order valence-corrected chi connectivity index (χ1v) is 10.3. The number of rotatable bonds is 4. The van der Waals surface area contributed by atoms with Gasteiger partial charge >= 0.3 is 0 Å². The van der Waals surface area contributed by atoms with Gasteiger partial charge < -0.3 is 19.4 Å². The average molecular weight is 412 g/mol. The number of nitrogens with zero attached hydrogens (tertiary/aromatic N) is 2. The summed E-state index contributed by atoms with van der Waals surface area (Å²) >= 11 is 6.06. The summed E-state index contributed by atoms with van der Waals surface area (Å²) in [6.07, 6.45) is 2.30. The molecule has 7 heteroatoms. The summed E-state index contributed by atoms with van der Waals surface area (Å²) in [6, 6.07) is 10.9. The third kappa shape index (κ3) is 3.36. The lowest BCUT2D eigenvalue weighted by Crippen LogP contribution is -2.57. The van der Waals surface area contributed by atoms with Crippen molar-refractivity contribution >= 4 is 28.6 Å². The summed E-state index contributed by atoms with van der Waals surface area (Å²) in [4.78, 5) is 20.1. The van der Waals surface area contributed by atoms with Crippen molar-refractivity contribution in [1.29, 1.82) is 0 Å². The van der Waals surface area contributed by atoms with Gasteiger partial charge in [0.15, 0.2) is 5.58 Å². The number of aromatic nitrogens is 1. The molecule has 3 aromatic rings. The van der Waals surface area contributed by atoms with Crippen LogP contribution in [0.15, 0.2) is 40.8 Å². The molecule has 0 radical (unpaired) electrons. The zero-order valence-electron chi connectivity index (χ0n) is 16.2. The highest BCUT2D eigenvalue weighted by atomic mass is 35.5. The van der Waals surface area contributed by atoms with Crippen molar-refractivity contribution < 1.29 is 13.9 Å². The summed E-state index contributed by atoms with van der Waals surface area (Å²) in [5.41, 5.74) is 2.34. The highest BCUT2D eigenvalue weighted by molar-refractivity contribution is 6.30. The zero-order valence-corrected chi connectivity index (χ0v) is 16.9. The quantitative estimate of drug-likeness (QED) is 0.703. The van der Waals surface area contributed by atoms with Gasteiger partial charge in [0, 0.05) is 17.6 Å². The van der Waals surface area contributed by atoms with E-state index < -0.39 is 0 Å². The third-order valence-corrected chi connectivity index (χ3v) is 6.27. The summed E-state index contributed by atoms with van der Waals surface area (Å²) < 4.78 is 11.4. The lowest BCUT2D eigenvalue weighted by atomic mass is 9.84. The SMILES string of the molecule is COc1cc(Cl)ccc1-c1nc2c(C(=O)NC3CN4CCC3CC4)cccc2o1. The molecule has 0 spiro atoms. The molecule has 0 aliphatic carbocycles. The number of oxazole rings is 1. The minimum absolute atomic E-state index is 0.0997. The van der Waals surface area contributed by atoms with E-state index in [1.165, 1.54) is 0 Å². The third-order valence-electron chi connectivity index (χ3n) is 6.03. The van der Waals surface area contributed by atoms with Crippen molar-refractivity contribution in [3.8, 4) is 17.2 Å². The fourth-order valence-electron chi connectivity index (χ4n) is 4.46. The van der Waals surface area contributed by atoms with Gasteiger partial charge in [-0.3, -0.25) is 4.79 Å². The molecule has 4 heterocycles.